The number of nitrogens with zero attached hydrogens (tertiary/aromatic N) is 1. The highest BCUT2D eigenvalue weighted by Gasteiger charge is 2.29. The number of hydrogen-bond acceptors (Lipinski definition) is 4. The number of likely N-dealkylation sites (N-methyl/N-ethyl adjacent to an activating group) is 1. The SMILES string of the molecule is COCCN(C)CCNC(=O)CC(N)C1CC1. The highest BCUT2D eigenvalue weighted by Crippen LogP contribution is 2.32. The Morgan fingerprint density at radius 3 is 2.82 bits per heavy atom. The molecular formula is C12H25N3O2. The van der Waals surface area contributed by atoms with Gasteiger partial charge in [0.05, 0.1) is 6.61 Å². The zero-order valence-corrected chi connectivity index (χ0v) is 10.9. The van der Waals surface area contributed by atoms with Gasteiger partial charge in [0, 0.05) is 39.2 Å². The Morgan fingerprint density at radius 2 is 2.24 bits per heavy atom. The maximum absolute atomic E-state index is 11.5. The molecule has 0 radical (unpaired) electrons. The van der Waals surface area contributed by atoms with Gasteiger partial charge in [-0.25, -0.2) is 0 Å². The first-order valence-corrected chi connectivity index (χ1v) is 6.33. The summed E-state index contributed by atoms with van der Waals surface area (Å²) in [6.45, 7) is 3.12. The maximum atomic E-state index is 11.5. The third kappa shape index (κ3) is 6.61. The van der Waals surface area contributed by atoms with E-state index in [4.69, 9.17) is 10.5 Å². The predicted molar refractivity (Wildman–Crippen MR) is 67.7 cm³/mol. The summed E-state index contributed by atoms with van der Waals surface area (Å²) in [5.74, 6) is 0.662. The van der Waals surface area contributed by atoms with Crippen molar-refractivity contribution in [2.24, 2.45) is 11.7 Å². The smallest absolute Gasteiger partial charge is 0.221 e. The van der Waals surface area contributed by atoms with E-state index in [-0.39, 0.29) is 11.9 Å². The fourth-order valence-electron chi connectivity index (χ4n) is 1.72. The first kappa shape index (κ1) is 14.4. The van der Waals surface area contributed by atoms with E-state index in [0.29, 0.717) is 18.9 Å². The highest BCUT2D eigenvalue weighted by molar-refractivity contribution is 5.76. The molecule has 1 saturated carbocycles. The Morgan fingerprint density at radius 1 is 1.53 bits per heavy atom. The normalized spacial score (nSPS) is 17.2. The van der Waals surface area contributed by atoms with Gasteiger partial charge < -0.3 is 20.7 Å². The van der Waals surface area contributed by atoms with Crippen LogP contribution in [0.4, 0.5) is 0 Å². The molecule has 0 aromatic rings. The number of nitrogens with one attached hydrogen (secondary N) is 1. The standard InChI is InChI=1S/C12H25N3O2/c1-15(7-8-17-2)6-5-14-12(16)9-11(13)10-3-4-10/h10-11H,3-9,13H2,1-2H3,(H,14,16). The second kappa shape index (κ2) is 7.63. The lowest BCUT2D eigenvalue weighted by Crippen LogP contribution is -2.37. The molecule has 0 aromatic carbocycles. The summed E-state index contributed by atoms with van der Waals surface area (Å²) in [4.78, 5) is 13.7. The summed E-state index contributed by atoms with van der Waals surface area (Å²) in [5, 5.41) is 2.90. The monoisotopic (exact) mass is 243 g/mol. The molecule has 1 aliphatic carbocycles. The number of carbonyl (C=O) groups is 1. The number of hydrogen-bond donors (Lipinski definition) is 2. The molecule has 100 valence electrons. The molecule has 0 saturated heterocycles. The van der Waals surface area contributed by atoms with E-state index in [9.17, 15) is 4.79 Å². The average molecular weight is 243 g/mol. The summed E-state index contributed by atoms with van der Waals surface area (Å²) < 4.78 is 4.98. The van der Waals surface area contributed by atoms with Gasteiger partial charge in [0.1, 0.15) is 0 Å². The molecule has 0 bridgehead atoms. The second-order valence-electron chi connectivity index (χ2n) is 4.85. The molecule has 0 spiro atoms. The lowest BCUT2D eigenvalue weighted by Gasteiger charge is -2.16. The largest absolute Gasteiger partial charge is 0.383 e. The van der Waals surface area contributed by atoms with E-state index in [1.54, 1.807) is 7.11 Å². The molecule has 5 heteroatoms. The van der Waals surface area contributed by atoms with Crippen LogP contribution in [0.2, 0.25) is 0 Å². The Labute approximate surface area is 104 Å². The molecule has 1 fully saturated rings. The zero-order chi connectivity index (χ0) is 12.7. The van der Waals surface area contributed by atoms with Crippen molar-refractivity contribution in [1.29, 1.82) is 0 Å². The lowest BCUT2D eigenvalue weighted by atomic mass is 10.1. The van der Waals surface area contributed by atoms with E-state index in [1.807, 2.05) is 7.05 Å². The zero-order valence-electron chi connectivity index (χ0n) is 10.9. The predicted octanol–water partition coefficient (Wildman–Crippen LogP) is -0.192. The van der Waals surface area contributed by atoms with E-state index in [0.717, 1.165) is 19.7 Å². The van der Waals surface area contributed by atoms with Gasteiger partial charge in [-0.15, -0.1) is 0 Å². The molecule has 0 heterocycles. The van der Waals surface area contributed by atoms with Crippen LogP contribution in [-0.4, -0.2) is 57.2 Å². The van der Waals surface area contributed by atoms with Gasteiger partial charge in [0.25, 0.3) is 0 Å². The van der Waals surface area contributed by atoms with E-state index < -0.39 is 0 Å². The fourth-order valence-corrected chi connectivity index (χ4v) is 1.72. The van der Waals surface area contributed by atoms with Gasteiger partial charge in [-0.1, -0.05) is 0 Å². The van der Waals surface area contributed by atoms with Crippen LogP contribution in [0.25, 0.3) is 0 Å². The van der Waals surface area contributed by atoms with Crippen LogP contribution in [-0.2, 0) is 9.53 Å². The maximum Gasteiger partial charge on any atom is 0.221 e. The van der Waals surface area contributed by atoms with Crippen LogP contribution < -0.4 is 11.1 Å². The van der Waals surface area contributed by atoms with Crippen LogP contribution in [0.3, 0.4) is 0 Å². The Bertz CT molecular complexity index is 232. The van der Waals surface area contributed by atoms with Gasteiger partial charge in [-0.2, -0.15) is 0 Å². The number of carbonyl (C=O) groups excluding carboxylic acids is 1. The fraction of sp³-hybridized carbons (Fsp3) is 0.917. The molecule has 1 aliphatic rings. The summed E-state index contributed by atoms with van der Waals surface area (Å²) in [5.41, 5.74) is 5.89. The molecule has 1 unspecified atom stereocenters. The van der Waals surface area contributed by atoms with Gasteiger partial charge >= 0.3 is 0 Å². The molecule has 1 amide bonds. The van der Waals surface area contributed by atoms with Crippen LogP contribution in [0.5, 0.6) is 0 Å². The quantitative estimate of drug-likeness (QED) is 0.589. The van der Waals surface area contributed by atoms with Crippen molar-refractivity contribution in [1.82, 2.24) is 10.2 Å². The number of methoxy groups -OCH3 is 1. The van der Waals surface area contributed by atoms with Crippen molar-refractivity contribution in [3.05, 3.63) is 0 Å². The van der Waals surface area contributed by atoms with Gasteiger partial charge in [0.15, 0.2) is 0 Å². The van der Waals surface area contributed by atoms with E-state index in [1.165, 1.54) is 12.8 Å². The molecule has 1 rings (SSSR count). The minimum atomic E-state index is 0.0567. The summed E-state index contributed by atoms with van der Waals surface area (Å²) in [6, 6.07) is 0.0567. The van der Waals surface area contributed by atoms with Crippen molar-refractivity contribution in [3.63, 3.8) is 0 Å². The number of amides is 1. The van der Waals surface area contributed by atoms with Crippen molar-refractivity contribution in [2.75, 3.05) is 40.4 Å². The Kier molecular flexibility index (Phi) is 6.47. The minimum Gasteiger partial charge on any atom is -0.383 e. The lowest BCUT2D eigenvalue weighted by molar-refractivity contribution is -0.121. The van der Waals surface area contributed by atoms with Crippen LogP contribution in [0, 0.1) is 5.92 Å². The van der Waals surface area contributed by atoms with Crippen LogP contribution in [0.15, 0.2) is 0 Å². The van der Waals surface area contributed by atoms with E-state index >= 15 is 0 Å². The van der Waals surface area contributed by atoms with Gasteiger partial charge in [-0.3, -0.25) is 4.79 Å². The number of ether oxygens (including phenoxy) is 1. The first-order valence-electron chi connectivity index (χ1n) is 6.33. The topological polar surface area (TPSA) is 67.6 Å². The Hall–Kier alpha value is -0.650. The molecule has 0 aliphatic heterocycles. The third-order valence-electron chi connectivity index (χ3n) is 3.14. The Balaban J connectivity index is 1.99. The number of rotatable bonds is 9. The average Bonchev–Trinajstić information content (AvgIpc) is 3.09. The molecule has 1 atom stereocenters. The molecule has 5 nitrogen and oxygen atoms in total. The van der Waals surface area contributed by atoms with Crippen LogP contribution in [0.1, 0.15) is 19.3 Å². The second-order valence-corrected chi connectivity index (χ2v) is 4.85. The molecule has 17 heavy (non-hydrogen) atoms. The number of nitrogens with two attached hydrogens (primary N) is 1. The summed E-state index contributed by atoms with van der Waals surface area (Å²) in [7, 11) is 3.70. The third-order valence-corrected chi connectivity index (χ3v) is 3.14. The molecule has 3 N–H and O–H groups in total. The van der Waals surface area contributed by atoms with Crippen LogP contribution >= 0.6 is 0 Å². The molecular weight excluding hydrogens is 218 g/mol. The highest BCUT2D eigenvalue weighted by atomic mass is 16.5. The van der Waals surface area contributed by atoms with Crippen molar-refractivity contribution < 1.29 is 9.53 Å². The molecule has 0 aromatic heterocycles. The first-order chi connectivity index (χ1) is 8.13. The van der Waals surface area contributed by atoms with Crippen molar-refractivity contribution in [2.45, 2.75) is 25.3 Å². The summed E-state index contributed by atoms with van der Waals surface area (Å²) >= 11 is 0. The van der Waals surface area contributed by atoms with Crippen molar-refractivity contribution >= 4 is 5.91 Å². The minimum absolute atomic E-state index is 0.0567. The van der Waals surface area contributed by atoms with Crippen molar-refractivity contribution in [3.8, 4) is 0 Å². The summed E-state index contributed by atoms with van der Waals surface area (Å²) in [6.07, 6.45) is 2.84. The van der Waals surface area contributed by atoms with Gasteiger partial charge in [-0.05, 0) is 25.8 Å². The van der Waals surface area contributed by atoms with Gasteiger partial charge in [0.2, 0.25) is 5.91 Å². The van der Waals surface area contributed by atoms with E-state index in [2.05, 4.69) is 10.2 Å².